The first kappa shape index (κ1) is 27.0. The van der Waals surface area contributed by atoms with Gasteiger partial charge in [0.1, 0.15) is 6.61 Å². The number of rotatable bonds is 8. The topological polar surface area (TPSA) is 79.1 Å². The molecule has 0 fully saturated rings. The maximum atomic E-state index is 13.8. The summed E-state index contributed by atoms with van der Waals surface area (Å²) < 4.78 is 18.4. The molecule has 0 saturated carbocycles. The second-order valence-corrected chi connectivity index (χ2v) is 10.0. The number of fused-ring (bicyclic) bond motifs is 1. The molecule has 0 saturated heterocycles. The lowest BCUT2D eigenvalue weighted by Crippen LogP contribution is -2.39. The van der Waals surface area contributed by atoms with Crippen molar-refractivity contribution in [1.82, 2.24) is 4.57 Å². The smallest absolute Gasteiger partial charge is 0.338 e. The van der Waals surface area contributed by atoms with E-state index in [1.807, 2.05) is 30.3 Å². The third-order valence-corrected chi connectivity index (χ3v) is 7.22. The molecule has 0 unspecified atom stereocenters. The van der Waals surface area contributed by atoms with Crippen LogP contribution in [0, 0.1) is 12.3 Å². The van der Waals surface area contributed by atoms with Gasteiger partial charge in [-0.25, -0.2) is 9.79 Å². The van der Waals surface area contributed by atoms with Gasteiger partial charge in [-0.1, -0.05) is 61.4 Å². The van der Waals surface area contributed by atoms with E-state index in [-0.39, 0.29) is 18.8 Å². The lowest BCUT2D eigenvalue weighted by molar-refractivity contribution is -0.139. The molecule has 7 nitrogen and oxygen atoms in total. The molecule has 0 spiro atoms. The fourth-order valence-corrected chi connectivity index (χ4v) is 5.38. The van der Waals surface area contributed by atoms with Crippen molar-refractivity contribution < 1.29 is 19.0 Å². The van der Waals surface area contributed by atoms with Crippen molar-refractivity contribution in [3.8, 4) is 23.8 Å². The van der Waals surface area contributed by atoms with Gasteiger partial charge in [0, 0.05) is 0 Å². The summed E-state index contributed by atoms with van der Waals surface area (Å²) in [7, 11) is 1.54. The first-order valence-electron chi connectivity index (χ1n) is 12.3. The Kier molecular flexibility index (Phi) is 8.18. The van der Waals surface area contributed by atoms with Gasteiger partial charge >= 0.3 is 5.97 Å². The van der Waals surface area contributed by atoms with E-state index in [2.05, 4.69) is 24.8 Å². The summed E-state index contributed by atoms with van der Waals surface area (Å²) in [5.74, 6) is 3.33. The molecule has 8 heteroatoms. The lowest BCUT2D eigenvalue weighted by atomic mass is 9.93. The number of terminal acetylenes is 1. The molecule has 1 aliphatic heterocycles. The van der Waals surface area contributed by atoms with Crippen molar-refractivity contribution in [1.29, 1.82) is 0 Å². The molecule has 0 N–H and O–H groups in total. The van der Waals surface area contributed by atoms with E-state index in [1.165, 1.54) is 16.9 Å². The summed E-state index contributed by atoms with van der Waals surface area (Å²) in [6.07, 6.45) is 7.07. The highest BCUT2D eigenvalue weighted by Crippen LogP contribution is 2.32. The van der Waals surface area contributed by atoms with Gasteiger partial charge in [0.2, 0.25) is 0 Å². The molecule has 1 atom stereocenters. The van der Waals surface area contributed by atoms with Gasteiger partial charge in [0.15, 0.2) is 16.3 Å². The second kappa shape index (κ2) is 11.5. The number of hydrogen-bond donors (Lipinski definition) is 0. The predicted octanol–water partition coefficient (Wildman–Crippen LogP) is 3.94. The van der Waals surface area contributed by atoms with Crippen molar-refractivity contribution in [3.05, 3.63) is 90.1 Å². The molecule has 1 aromatic heterocycles. The standard InChI is InChI=1S/C30H30N2O5S/c1-7-15-37-23-14-9-20(16-24(23)35-6)17-25-28(33)32-27(22-12-10-21(11-13-22)18(3)4)26(29(34)36-8-2)19(5)31-30(32)38-25/h1,9-14,16-18,27H,8,15H2,2-6H3/b25-17+/t27-/m1/s1. The van der Waals surface area contributed by atoms with Crippen LogP contribution in [0.5, 0.6) is 11.5 Å². The summed E-state index contributed by atoms with van der Waals surface area (Å²) in [5.41, 5.74) is 3.39. The third kappa shape index (κ3) is 5.29. The van der Waals surface area contributed by atoms with Crippen LogP contribution in [-0.2, 0) is 9.53 Å². The number of allylic oxidation sites excluding steroid dienone is 1. The second-order valence-electron chi connectivity index (χ2n) is 9.03. The van der Waals surface area contributed by atoms with E-state index >= 15 is 0 Å². The molecule has 0 amide bonds. The zero-order valence-corrected chi connectivity index (χ0v) is 22.9. The minimum atomic E-state index is -0.650. The number of aromatic nitrogens is 1. The van der Waals surface area contributed by atoms with Crippen molar-refractivity contribution >= 4 is 23.4 Å². The number of benzene rings is 2. The van der Waals surface area contributed by atoms with Gasteiger partial charge in [-0.3, -0.25) is 9.36 Å². The SMILES string of the molecule is C#CCOc1ccc(/C=c2/sc3n(c2=O)[C@H](c2ccc(C(C)C)cc2)C(C(=O)OCC)=C(C)N=3)cc1OC. The Morgan fingerprint density at radius 3 is 2.58 bits per heavy atom. The normalized spacial score (nSPS) is 15.1. The minimum Gasteiger partial charge on any atom is -0.493 e. The van der Waals surface area contributed by atoms with Gasteiger partial charge in [-0.05, 0) is 54.7 Å². The molecule has 2 aromatic carbocycles. The molecule has 3 aromatic rings. The number of esters is 1. The van der Waals surface area contributed by atoms with Crippen LogP contribution in [0.1, 0.15) is 56.3 Å². The molecule has 4 rings (SSSR count). The van der Waals surface area contributed by atoms with Crippen LogP contribution in [-0.4, -0.2) is 30.9 Å². The van der Waals surface area contributed by atoms with Gasteiger partial charge in [-0.2, -0.15) is 0 Å². The number of methoxy groups -OCH3 is 1. The first-order chi connectivity index (χ1) is 18.3. The zero-order valence-electron chi connectivity index (χ0n) is 22.1. The largest absolute Gasteiger partial charge is 0.493 e. The average Bonchev–Trinajstić information content (AvgIpc) is 3.21. The van der Waals surface area contributed by atoms with Gasteiger partial charge in [0.05, 0.1) is 35.6 Å². The van der Waals surface area contributed by atoms with Crippen LogP contribution in [0.4, 0.5) is 0 Å². The van der Waals surface area contributed by atoms with Crippen molar-refractivity contribution in [2.75, 3.05) is 20.3 Å². The van der Waals surface area contributed by atoms with E-state index in [1.54, 1.807) is 43.7 Å². The fraction of sp³-hybridized carbons (Fsp3) is 0.300. The van der Waals surface area contributed by atoms with Crippen LogP contribution in [0.3, 0.4) is 0 Å². The summed E-state index contributed by atoms with van der Waals surface area (Å²) in [6, 6.07) is 12.7. The van der Waals surface area contributed by atoms with Crippen LogP contribution in [0.15, 0.2) is 63.5 Å². The third-order valence-electron chi connectivity index (χ3n) is 6.23. The molecule has 196 valence electrons. The Morgan fingerprint density at radius 1 is 1.21 bits per heavy atom. The monoisotopic (exact) mass is 530 g/mol. The number of nitrogens with zero attached hydrogens (tertiary/aromatic N) is 2. The molecule has 1 aliphatic rings. The lowest BCUT2D eigenvalue weighted by Gasteiger charge is -2.25. The Labute approximate surface area is 225 Å². The van der Waals surface area contributed by atoms with E-state index < -0.39 is 12.0 Å². The Balaban J connectivity index is 1.87. The van der Waals surface area contributed by atoms with Crippen molar-refractivity contribution in [2.45, 2.75) is 39.7 Å². The predicted molar refractivity (Wildman–Crippen MR) is 148 cm³/mol. The summed E-state index contributed by atoms with van der Waals surface area (Å²) in [5, 5.41) is 0. The number of ether oxygens (including phenoxy) is 3. The number of thiazole rings is 1. The van der Waals surface area contributed by atoms with Crippen LogP contribution < -0.4 is 24.4 Å². The highest BCUT2D eigenvalue weighted by atomic mass is 32.1. The average molecular weight is 531 g/mol. The molecule has 0 radical (unpaired) electrons. The van der Waals surface area contributed by atoms with Crippen molar-refractivity contribution in [3.63, 3.8) is 0 Å². The van der Waals surface area contributed by atoms with Gasteiger partial charge < -0.3 is 14.2 Å². The highest BCUT2D eigenvalue weighted by molar-refractivity contribution is 7.07. The molecular formula is C30H30N2O5S. The quantitative estimate of drug-likeness (QED) is 0.326. The molecule has 0 bridgehead atoms. The minimum absolute atomic E-state index is 0.120. The van der Waals surface area contributed by atoms with Gasteiger partial charge in [0.25, 0.3) is 5.56 Å². The van der Waals surface area contributed by atoms with E-state index in [0.717, 1.165) is 11.1 Å². The number of carbonyl (C=O) groups is 1. The maximum absolute atomic E-state index is 13.8. The number of hydrogen-bond acceptors (Lipinski definition) is 7. The van der Waals surface area contributed by atoms with E-state index in [9.17, 15) is 9.59 Å². The van der Waals surface area contributed by atoms with Crippen molar-refractivity contribution in [2.24, 2.45) is 4.99 Å². The van der Waals surface area contributed by atoms with Crippen LogP contribution in [0.25, 0.3) is 6.08 Å². The Hall–Kier alpha value is -4.09. The summed E-state index contributed by atoms with van der Waals surface area (Å²) in [6.45, 7) is 8.12. The van der Waals surface area contributed by atoms with E-state index in [4.69, 9.17) is 20.6 Å². The molecule has 2 heterocycles. The Bertz CT molecular complexity index is 1600. The van der Waals surface area contributed by atoms with Crippen LogP contribution >= 0.6 is 11.3 Å². The highest BCUT2D eigenvalue weighted by Gasteiger charge is 2.33. The molecule has 0 aliphatic carbocycles. The van der Waals surface area contributed by atoms with Crippen LogP contribution in [0.2, 0.25) is 0 Å². The number of carbonyl (C=O) groups excluding carboxylic acids is 1. The summed E-state index contributed by atoms with van der Waals surface area (Å²) >= 11 is 1.27. The molecular weight excluding hydrogens is 500 g/mol. The Morgan fingerprint density at radius 2 is 1.95 bits per heavy atom. The zero-order chi connectivity index (χ0) is 27.4. The van der Waals surface area contributed by atoms with E-state index in [0.29, 0.717) is 38.0 Å². The summed E-state index contributed by atoms with van der Waals surface area (Å²) in [4.78, 5) is 32.0. The fourth-order valence-electron chi connectivity index (χ4n) is 4.33. The maximum Gasteiger partial charge on any atom is 0.338 e. The first-order valence-corrected chi connectivity index (χ1v) is 13.1. The molecule has 38 heavy (non-hydrogen) atoms. The van der Waals surface area contributed by atoms with Gasteiger partial charge in [-0.15, -0.1) is 6.42 Å².